The van der Waals surface area contributed by atoms with E-state index in [2.05, 4.69) is 55.9 Å². The van der Waals surface area contributed by atoms with Crippen molar-refractivity contribution in [2.45, 2.75) is 40.3 Å². The third-order valence-corrected chi connectivity index (χ3v) is 7.89. The highest BCUT2D eigenvalue weighted by atomic mass is 16.5. The Hall–Kier alpha value is -6.56. The van der Waals surface area contributed by atoms with Crippen LogP contribution in [0, 0.1) is 13.8 Å². The highest BCUT2D eigenvalue weighted by Crippen LogP contribution is 2.32. The van der Waals surface area contributed by atoms with E-state index in [1.165, 1.54) is 12.7 Å². The summed E-state index contributed by atoms with van der Waals surface area (Å²) in [7, 11) is 0. The predicted molar refractivity (Wildman–Crippen MR) is 182 cm³/mol. The van der Waals surface area contributed by atoms with E-state index in [0.717, 1.165) is 44.5 Å². The standard InChI is InChI=1S/C38H32N6O6/c1-25-31(21-47-35-11-9-29(17-45)37(43-35)49-19-27-13-39-23-40-14-27)5-3-7-33(25)34-8-4-6-32(26(34)2)22-48-36-12-10-30(18-46)38(44-36)50-20-28-15-41-24-42-16-28/h3-18,23-24H,19-22H2,1-2H3. The van der Waals surface area contributed by atoms with Gasteiger partial charge in [-0.15, -0.1) is 0 Å². The zero-order valence-electron chi connectivity index (χ0n) is 27.4. The minimum atomic E-state index is 0.159. The summed E-state index contributed by atoms with van der Waals surface area (Å²) in [6, 6.07) is 18.7. The molecule has 0 unspecified atom stereocenters. The minimum absolute atomic E-state index is 0.159. The van der Waals surface area contributed by atoms with Gasteiger partial charge in [0.25, 0.3) is 0 Å². The Bertz CT molecular complexity index is 1950. The van der Waals surface area contributed by atoms with Gasteiger partial charge in [0.2, 0.25) is 23.5 Å². The number of nitrogens with zero attached hydrogens (tertiary/aromatic N) is 6. The second kappa shape index (κ2) is 16.0. The Morgan fingerprint density at radius 3 is 1.34 bits per heavy atom. The van der Waals surface area contributed by atoms with Gasteiger partial charge >= 0.3 is 0 Å². The van der Waals surface area contributed by atoms with Crippen LogP contribution < -0.4 is 18.9 Å². The van der Waals surface area contributed by atoms with E-state index >= 15 is 0 Å². The lowest BCUT2D eigenvalue weighted by Gasteiger charge is -2.17. The summed E-state index contributed by atoms with van der Waals surface area (Å²) in [5.74, 6) is 0.990. The van der Waals surface area contributed by atoms with Gasteiger partial charge in [-0.3, -0.25) is 9.59 Å². The normalized spacial score (nSPS) is 10.7. The molecule has 0 atom stereocenters. The van der Waals surface area contributed by atoms with Gasteiger partial charge in [0.15, 0.2) is 12.6 Å². The molecule has 0 saturated heterocycles. The number of hydrogen-bond acceptors (Lipinski definition) is 12. The Morgan fingerprint density at radius 2 is 0.940 bits per heavy atom. The topological polar surface area (TPSA) is 148 Å². The average molecular weight is 669 g/mol. The van der Waals surface area contributed by atoms with Gasteiger partial charge in [-0.05, 0) is 59.4 Å². The van der Waals surface area contributed by atoms with Crippen molar-refractivity contribution in [1.29, 1.82) is 0 Å². The molecule has 0 fully saturated rings. The molecule has 0 bridgehead atoms. The summed E-state index contributed by atoms with van der Waals surface area (Å²) in [4.78, 5) is 48.0. The van der Waals surface area contributed by atoms with Crippen molar-refractivity contribution < 1.29 is 28.5 Å². The molecule has 6 rings (SSSR count). The average Bonchev–Trinajstić information content (AvgIpc) is 3.16. The number of rotatable bonds is 15. The van der Waals surface area contributed by atoms with Crippen LogP contribution in [0.1, 0.15) is 54.1 Å². The first kappa shape index (κ1) is 33.3. The molecule has 12 heteroatoms. The Labute approximate surface area is 288 Å². The number of pyridine rings is 2. The van der Waals surface area contributed by atoms with Gasteiger partial charge in [-0.2, -0.15) is 9.97 Å². The smallest absolute Gasteiger partial charge is 0.227 e. The highest BCUT2D eigenvalue weighted by molar-refractivity contribution is 5.79. The molecule has 0 radical (unpaired) electrons. The van der Waals surface area contributed by atoms with Gasteiger partial charge in [0.1, 0.15) is 39.1 Å². The lowest BCUT2D eigenvalue weighted by atomic mass is 9.92. The maximum Gasteiger partial charge on any atom is 0.227 e. The van der Waals surface area contributed by atoms with Crippen molar-refractivity contribution in [3.8, 4) is 34.6 Å². The van der Waals surface area contributed by atoms with Crippen LogP contribution in [-0.2, 0) is 26.4 Å². The lowest BCUT2D eigenvalue weighted by molar-refractivity contribution is 0.111. The Kier molecular flexibility index (Phi) is 10.7. The zero-order valence-corrected chi connectivity index (χ0v) is 27.4. The maximum absolute atomic E-state index is 11.6. The van der Waals surface area contributed by atoms with Crippen LogP contribution in [0.4, 0.5) is 0 Å². The fourth-order valence-corrected chi connectivity index (χ4v) is 5.12. The highest BCUT2D eigenvalue weighted by Gasteiger charge is 2.14. The summed E-state index contributed by atoms with van der Waals surface area (Å²) >= 11 is 0. The SMILES string of the molecule is Cc1c(COc2ccc(C=O)c(OCc3cncnc3)n2)cccc1-c1cccc(COc2ccc(C=O)c(OCc3cncnc3)n2)c1C. The molecule has 0 spiro atoms. The molecule has 0 saturated carbocycles. The molecule has 50 heavy (non-hydrogen) atoms. The largest absolute Gasteiger partial charge is 0.473 e. The van der Waals surface area contributed by atoms with E-state index in [1.54, 1.807) is 49.1 Å². The number of carbonyl (C=O) groups is 2. The third-order valence-electron chi connectivity index (χ3n) is 7.89. The van der Waals surface area contributed by atoms with Crippen LogP contribution in [-0.4, -0.2) is 42.5 Å². The van der Waals surface area contributed by atoms with Crippen molar-refractivity contribution in [2.24, 2.45) is 0 Å². The van der Waals surface area contributed by atoms with Crippen molar-refractivity contribution in [3.05, 3.63) is 143 Å². The van der Waals surface area contributed by atoms with Gasteiger partial charge in [-0.25, -0.2) is 19.9 Å². The van der Waals surface area contributed by atoms with E-state index < -0.39 is 0 Å². The lowest BCUT2D eigenvalue weighted by Crippen LogP contribution is -2.05. The van der Waals surface area contributed by atoms with Crippen molar-refractivity contribution in [2.75, 3.05) is 0 Å². The second-order valence-electron chi connectivity index (χ2n) is 11.2. The van der Waals surface area contributed by atoms with E-state index in [0.29, 0.717) is 35.5 Å². The molecule has 0 N–H and O–H groups in total. The van der Waals surface area contributed by atoms with E-state index in [9.17, 15) is 9.59 Å². The van der Waals surface area contributed by atoms with E-state index in [4.69, 9.17) is 18.9 Å². The fraction of sp³-hybridized carbons (Fsp3) is 0.158. The molecule has 250 valence electrons. The quantitative estimate of drug-likeness (QED) is 0.113. The third kappa shape index (κ3) is 8.11. The molecular weight excluding hydrogens is 636 g/mol. The second-order valence-corrected chi connectivity index (χ2v) is 11.2. The summed E-state index contributed by atoms with van der Waals surface area (Å²) in [6.07, 6.45) is 10.8. The molecular formula is C38H32N6O6. The molecule has 6 aromatic rings. The zero-order chi connectivity index (χ0) is 34.7. The summed E-state index contributed by atoms with van der Waals surface area (Å²) in [5, 5.41) is 0. The first-order valence-corrected chi connectivity index (χ1v) is 15.6. The van der Waals surface area contributed by atoms with E-state index in [1.807, 2.05) is 24.3 Å². The maximum atomic E-state index is 11.6. The molecule has 0 amide bonds. The van der Waals surface area contributed by atoms with Crippen molar-refractivity contribution in [1.82, 2.24) is 29.9 Å². The molecule has 12 nitrogen and oxygen atoms in total. The van der Waals surface area contributed by atoms with Gasteiger partial charge in [0, 0.05) is 48.0 Å². The molecule has 0 aliphatic heterocycles. The van der Waals surface area contributed by atoms with Crippen LogP contribution in [0.25, 0.3) is 11.1 Å². The number of hydrogen-bond donors (Lipinski definition) is 0. The predicted octanol–water partition coefficient (Wildman–Crippen LogP) is 6.28. The first-order valence-electron chi connectivity index (χ1n) is 15.6. The van der Waals surface area contributed by atoms with Gasteiger partial charge in [0.05, 0.1) is 11.1 Å². The Morgan fingerprint density at radius 1 is 0.520 bits per heavy atom. The summed E-state index contributed by atoms with van der Waals surface area (Å²) < 4.78 is 23.7. The van der Waals surface area contributed by atoms with Gasteiger partial charge in [-0.1, -0.05) is 36.4 Å². The van der Waals surface area contributed by atoms with Gasteiger partial charge < -0.3 is 18.9 Å². The molecule has 4 aromatic heterocycles. The van der Waals surface area contributed by atoms with Crippen LogP contribution in [0.2, 0.25) is 0 Å². The number of carbonyl (C=O) groups excluding carboxylic acids is 2. The molecule has 2 aromatic carbocycles. The summed E-state index contributed by atoms with van der Waals surface area (Å²) in [5.41, 5.74) is 8.28. The number of benzene rings is 2. The van der Waals surface area contributed by atoms with Crippen molar-refractivity contribution in [3.63, 3.8) is 0 Å². The van der Waals surface area contributed by atoms with Crippen LogP contribution in [0.5, 0.6) is 23.5 Å². The number of aromatic nitrogens is 6. The molecule has 4 heterocycles. The number of aldehydes is 2. The first-order chi connectivity index (χ1) is 24.5. The molecule has 0 aliphatic rings. The Balaban J connectivity index is 1.14. The minimum Gasteiger partial charge on any atom is -0.473 e. The van der Waals surface area contributed by atoms with Crippen LogP contribution in [0.3, 0.4) is 0 Å². The monoisotopic (exact) mass is 668 g/mol. The van der Waals surface area contributed by atoms with Crippen LogP contribution >= 0.6 is 0 Å². The van der Waals surface area contributed by atoms with E-state index in [-0.39, 0.29) is 38.2 Å². The van der Waals surface area contributed by atoms with Crippen LogP contribution in [0.15, 0.2) is 98.1 Å². The van der Waals surface area contributed by atoms with Crippen molar-refractivity contribution >= 4 is 12.6 Å². The molecule has 0 aliphatic carbocycles. The summed E-state index contributed by atoms with van der Waals surface area (Å²) in [6.45, 7) is 4.93. The number of ether oxygens (including phenoxy) is 4. The fourth-order valence-electron chi connectivity index (χ4n) is 5.12.